The minimum Gasteiger partial charge on any atom is -0.357 e. The summed E-state index contributed by atoms with van der Waals surface area (Å²) in [6.07, 6.45) is 2.71. The average molecular weight is 464 g/mol. The molecule has 4 N–H and O–H groups in total. The number of benzene rings is 3. The number of ketones is 1. The second kappa shape index (κ2) is 9.87. The predicted octanol–water partition coefficient (Wildman–Crippen LogP) is 5.11. The van der Waals surface area contributed by atoms with Crippen molar-refractivity contribution in [2.75, 3.05) is 6.54 Å². The number of aromatic nitrogens is 1. The summed E-state index contributed by atoms with van der Waals surface area (Å²) in [5.41, 5.74) is 12.1. The van der Waals surface area contributed by atoms with Crippen molar-refractivity contribution in [1.29, 1.82) is 0 Å². The van der Waals surface area contributed by atoms with Crippen molar-refractivity contribution in [1.82, 2.24) is 10.3 Å². The number of hydrogen-bond donors (Lipinski definition) is 3. The molecule has 0 saturated heterocycles. The zero-order valence-electron chi connectivity index (χ0n) is 18.2. The number of fused-ring (bicyclic) bond motifs is 3. The largest absolute Gasteiger partial charge is 0.357 e. The first-order chi connectivity index (χ1) is 15.6. The molecule has 4 aromatic rings. The predicted molar refractivity (Wildman–Crippen MR) is 133 cm³/mol. The Balaban J connectivity index is 0.00000259. The van der Waals surface area contributed by atoms with Crippen LogP contribution in [0.25, 0.3) is 10.9 Å². The van der Waals surface area contributed by atoms with Crippen LogP contribution < -0.4 is 11.1 Å². The Morgan fingerprint density at radius 3 is 2.52 bits per heavy atom. The minimum absolute atomic E-state index is 0. The summed E-state index contributed by atoms with van der Waals surface area (Å²) < 4.78 is 13.2. The van der Waals surface area contributed by atoms with Crippen LogP contribution in [0.15, 0.2) is 72.8 Å². The Morgan fingerprint density at radius 2 is 1.76 bits per heavy atom. The van der Waals surface area contributed by atoms with Crippen molar-refractivity contribution in [3.63, 3.8) is 0 Å². The van der Waals surface area contributed by atoms with Crippen LogP contribution >= 0.6 is 12.4 Å². The summed E-state index contributed by atoms with van der Waals surface area (Å²) in [6, 6.07) is 22.0. The first kappa shape index (κ1) is 23.2. The SMILES string of the molecule is Cl.NC1CC(NCCc2ccccc2)Cc2c1[nH]c1ccc(C(=O)c3ccc(F)cc3)cc21. The Hall–Kier alpha value is -2.99. The van der Waals surface area contributed by atoms with Crippen LogP contribution in [0.5, 0.6) is 0 Å². The van der Waals surface area contributed by atoms with E-state index in [-0.39, 0.29) is 36.1 Å². The number of H-pyrrole nitrogens is 1. The lowest BCUT2D eigenvalue weighted by Crippen LogP contribution is -2.39. The van der Waals surface area contributed by atoms with Gasteiger partial charge < -0.3 is 16.0 Å². The lowest BCUT2D eigenvalue weighted by Gasteiger charge is -2.28. The van der Waals surface area contributed by atoms with Crippen molar-refractivity contribution >= 4 is 29.1 Å². The van der Waals surface area contributed by atoms with Gasteiger partial charge in [0.05, 0.1) is 0 Å². The van der Waals surface area contributed by atoms with Gasteiger partial charge in [0.2, 0.25) is 0 Å². The van der Waals surface area contributed by atoms with E-state index in [0.717, 1.165) is 42.4 Å². The Bertz CT molecular complexity index is 1250. The summed E-state index contributed by atoms with van der Waals surface area (Å²) in [7, 11) is 0. The maximum Gasteiger partial charge on any atom is 0.193 e. The van der Waals surface area contributed by atoms with Gasteiger partial charge in [0, 0.05) is 39.8 Å². The van der Waals surface area contributed by atoms with E-state index in [2.05, 4.69) is 34.6 Å². The van der Waals surface area contributed by atoms with Crippen molar-refractivity contribution in [3.05, 3.63) is 107 Å². The van der Waals surface area contributed by atoms with Crippen molar-refractivity contribution in [2.24, 2.45) is 5.73 Å². The zero-order chi connectivity index (χ0) is 22.1. The fourth-order valence-corrected chi connectivity index (χ4v) is 4.69. The third-order valence-corrected chi connectivity index (χ3v) is 6.36. The van der Waals surface area contributed by atoms with Crippen molar-refractivity contribution < 1.29 is 9.18 Å². The second-order valence-electron chi connectivity index (χ2n) is 8.55. The number of carbonyl (C=O) groups is 1. The smallest absolute Gasteiger partial charge is 0.193 e. The van der Waals surface area contributed by atoms with Gasteiger partial charge in [0.1, 0.15) is 5.82 Å². The number of nitrogens with two attached hydrogens (primary N) is 1. The van der Waals surface area contributed by atoms with Gasteiger partial charge in [0.25, 0.3) is 0 Å². The number of rotatable bonds is 6. The van der Waals surface area contributed by atoms with Gasteiger partial charge in [-0.15, -0.1) is 12.4 Å². The van der Waals surface area contributed by atoms with Gasteiger partial charge in [-0.1, -0.05) is 30.3 Å². The molecule has 0 amide bonds. The third-order valence-electron chi connectivity index (χ3n) is 6.36. The fraction of sp³-hybridized carbons (Fsp3) is 0.222. The highest BCUT2D eigenvalue weighted by Gasteiger charge is 2.28. The summed E-state index contributed by atoms with van der Waals surface area (Å²) >= 11 is 0. The van der Waals surface area contributed by atoms with Crippen LogP contribution in [0.4, 0.5) is 4.39 Å². The molecule has 170 valence electrons. The Morgan fingerprint density at radius 1 is 1.03 bits per heavy atom. The molecule has 1 heterocycles. The van der Waals surface area contributed by atoms with E-state index in [1.165, 1.54) is 35.4 Å². The normalized spacial score (nSPS) is 17.4. The van der Waals surface area contributed by atoms with E-state index in [4.69, 9.17) is 5.73 Å². The molecule has 0 spiro atoms. The minimum atomic E-state index is -0.350. The first-order valence-electron chi connectivity index (χ1n) is 11.1. The highest BCUT2D eigenvalue weighted by atomic mass is 35.5. The van der Waals surface area contributed by atoms with Gasteiger partial charge >= 0.3 is 0 Å². The lowest BCUT2D eigenvalue weighted by molar-refractivity contribution is 0.103. The maximum absolute atomic E-state index is 13.2. The maximum atomic E-state index is 13.2. The lowest BCUT2D eigenvalue weighted by atomic mass is 9.87. The van der Waals surface area contributed by atoms with E-state index in [1.807, 2.05) is 24.3 Å². The molecule has 0 fully saturated rings. The molecule has 1 aliphatic rings. The highest BCUT2D eigenvalue weighted by Crippen LogP contribution is 2.34. The fourth-order valence-electron chi connectivity index (χ4n) is 4.69. The number of halogens is 2. The molecule has 0 radical (unpaired) electrons. The summed E-state index contributed by atoms with van der Waals surface area (Å²) in [4.78, 5) is 16.4. The average Bonchev–Trinajstić information content (AvgIpc) is 3.18. The Kier molecular flexibility index (Phi) is 6.94. The standard InChI is InChI=1S/C27H26FN3O.ClH/c28-20-9-6-18(7-10-20)27(32)19-8-11-25-22(14-19)23-15-21(16-24(29)26(23)31-25)30-13-12-17-4-2-1-3-5-17;/h1-11,14,21,24,30-31H,12-13,15-16,29H2;1H. The molecule has 4 nitrogen and oxygen atoms in total. The topological polar surface area (TPSA) is 70.9 Å². The molecule has 3 aromatic carbocycles. The number of carbonyl (C=O) groups excluding carboxylic acids is 1. The third kappa shape index (κ3) is 4.86. The molecule has 5 rings (SSSR count). The number of hydrogen-bond acceptors (Lipinski definition) is 3. The van der Waals surface area contributed by atoms with Crippen LogP contribution in [0.2, 0.25) is 0 Å². The van der Waals surface area contributed by atoms with Gasteiger partial charge in [-0.05, 0) is 79.4 Å². The summed E-state index contributed by atoms with van der Waals surface area (Å²) in [5.74, 6) is -0.462. The van der Waals surface area contributed by atoms with Crippen LogP contribution in [-0.2, 0) is 12.8 Å². The quantitative estimate of drug-likeness (QED) is 0.348. The molecule has 0 saturated carbocycles. The molecule has 1 aromatic heterocycles. The van der Waals surface area contributed by atoms with Crippen LogP contribution in [0.3, 0.4) is 0 Å². The monoisotopic (exact) mass is 463 g/mol. The van der Waals surface area contributed by atoms with Crippen LogP contribution in [0, 0.1) is 5.82 Å². The van der Waals surface area contributed by atoms with E-state index >= 15 is 0 Å². The molecular weight excluding hydrogens is 437 g/mol. The molecule has 2 atom stereocenters. The zero-order valence-corrected chi connectivity index (χ0v) is 19.0. The molecular formula is C27H27ClFN3O. The van der Waals surface area contributed by atoms with Gasteiger partial charge in [-0.2, -0.15) is 0 Å². The van der Waals surface area contributed by atoms with Crippen LogP contribution in [-0.4, -0.2) is 23.4 Å². The van der Waals surface area contributed by atoms with E-state index in [9.17, 15) is 9.18 Å². The van der Waals surface area contributed by atoms with E-state index in [0.29, 0.717) is 11.1 Å². The number of nitrogens with one attached hydrogen (secondary N) is 2. The summed E-state index contributed by atoms with van der Waals surface area (Å²) in [5, 5.41) is 4.71. The van der Waals surface area contributed by atoms with E-state index in [1.54, 1.807) is 0 Å². The molecule has 33 heavy (non-hydrogen) atoms. The first-order valence-corrected chi connectivity index (χ1v) is 11.1. The van der Waals surface area contributed by atoms with Gasteiger partial charge in [-0.25, -0.2) is 4.39 Å². The molecule has 0 aliphatic heterocycles. The van der Waals surface area contributed by atoms with Crippen molar-refractivity contribution in [3.8, 4) is 0 Å². The van der Waals surface area contributed by atoms with Crippen LogP contribution in [0.1, 0.15) is 45.2 Å². The van der Waals surface area contributed by atoms with Crippen molar-refractivity contribution in [2.45, 2.75) is 31.3 Å². The summed E-state index contributed by atoms with van der Waals surface area (Å²) in [6.45, 7) is 0.896. The van der Waals surface area contributed by atoms with Gasteiger partial charge in [-0.3, -0.25) is 4.79 Å². The van der Waals surface area contributed by atoms with E-state index < -0.39 is 0 Å². The second-order valence-corrected chi connectivity index (χ2v) is 8.55. The van der Waals surface area contributed by atoms with Gasteiger partial charge in [0.15, 0.2) is 5.78 Å². The molecule has 1 aliphatic carbocycles. The molecule has 0 bridgehead atoms. The molecule has 6 heteroatoms. The number of aromatic amines is 1. The Labute approximate surface area is 198 Å². The molecule has 2 unspecified atom stereocenters. The highest BCUT2D eigenvalue weighted by molar-refractivity contribution is 6.10.